The van der Waals surface area contributed by atoms with Gasteiger partial charge in [-0.05, 0) is 65.3 Å². The SMILES string of the molecule is CC[C@H](C)Oc1ccccc1/C=C1/SC(=O)N(CC(=O)Nc2ccccc2Br)C1=O. The minimum absolute atomic E-state index is 0.0237. The van der Waals surface area contributed by atoms with Gasteiger partial charge in [-0.3, -0.25) is 19.3 Å². The fourth-order valence-electron chi connectivity index (χ4n) is 2.68. The van der Waals surface area contributed by atoms with Gasteiger partial charge in [-0.1, -0.05) is 37.3 Å². The van der Waals surface area contributed by atoms with Crippen LogP contribution in [0.2, 0.25) is 0 Å². The molecule has 156 valence electrons. The first-order valence-electron chi connectivity index (χ1n) is 9.44. The summed E-state index contributed by atoms with van der Waals surface area (Å²) in [6, 6.07) is 14.5. The molecule has 0 aromatic heterocycles. The largest absolute Gasteiger partial charge is 0.490 e. The number of hydrogen-bond acceptors (Lipinski definition) is 5. The van der Waals surface area contributed by atoms with Crippen LogP contribution in [0.1, 0.15) is 25.8 Å². The van der Waals surface area contributed by atoms with E-state index in [0.29, 0.717) is 21.5 Å². The Labute approximate surface area is 187 Å². The van der Waals surface area contributed by atoms with Crippen LogP contribution in [0.5, 0.6) is 5.75 Å². The molecule has 0 radical (unpaired) electrons. The zero-order valence-corrected chi connectivity index (χ0v) is 19.0. The van der Waals surface area contributed by atoms with E-state index in [9.17, 15) is 14.4 Å². The number of rotatable bonds is 7. The molecule has 3 amide bonds. The maximum Gasteiger partial charge on any atom is 0.294 e. The number of imide groups is 1. The molecule has 0 spiro atoms. The standard InChI is InChI=1S/C22H21BrN2O4S/c1-3-14(2)29-18-11-7-4-8-15(18)12-19-21(27)25(22(28)30-19)13-20(26)24-17-10-6-5-9-16(17)23/h4-12,14H,3,13H2,1-2H3,(H,24,26)/b19-12+/t14-/m0/s1. The molecule has 0 unspecified atom stereocenters. The van der Waals surface area contributed by atoms with Crippen molar-refractivity contribution in [1.82, 2.24) is 4.90 Å². The van der Waals surface area contributed by atoms with Crippen molar-refractivity contribution in [3.05, 3.63) is 63.5 Å². The van der Waals surface area contributed by atoms with E-state index < -0.39 is 17.1 Å². The molecule has 1 atom stereocenters. The molecule has 1 heterocycles. The summed E-state index contributed by atoms with van der Waals surface area (Å²) >= 11 is 4.16. The van der Waals surface area contributed by atoms with E-state index in [1.165, 1.54) is 0 Å². The van der Waals surface area contributed by atoms with E-state index in [0.717, 1.165) is 23.1 Å². The second-order valence-electron chi connectivity index (χ2n) is 6.67. The lowest BCUT2D eigenvalue weighted by Crippen LogP contribution is -2.36. The number of anilines is 1. The van der Waals surface area contributed by atoms with Crippen molar-refractivity contribution in [3.8, 4) is 5.75 Å². The number of nitrogens with zero attached hydrogens (tertiary/aromatic N) is 1. The first-order chi connectivity index (χ1) is 14.4. The number of benzene rings is 2. The molecule has 1 saturated heterocycles. The molecule has 1 aliphatic heterocycles. The molecule has 3 rings (SSSR count). The van der Waals surface area contributed by atoms with Gasteiger partial charge in [0, 0.05) is 10.0 Å². The third-order valence-electron chi connectivity index (χ3n) is 4.43. The van der Waals surface area contributed by atoms with Crippen molar-refractivity contribution in [3.63, 3.8) is 0 Å². The highest BCUT2D eigenvalue weighted by Crippen LogP contribution is 2.34. The van der Waals surface area contributed by atoms with Gasteiger partial charge in [0.15, 0.2) is 0 Å². The van der Waals surface area contributed by atoms with Crippen LogP contribution in [0.25, 0.3) is 6.08 Å². The smallest absolute Gasteiger partial charge is 0.294 e. The molecule has 1 fully saturated rings. The number of nitrogens with one attached hydrogen (secondary N) is 1. The number of halogens is 1. The van der Waals surface area contributed by atoms with Crippen molar-refractivity contribution >= 4 is 56.5 Å². The van der Waals surface area contributed by atoms with E-state index in [4.69, 9.17) is 4.74 Å². The van der Waals surface area contributed by atoms with Crippen LogP contribution >= 0.6 is 27.7 Å². The van der Waals surface area contributed by atoms with Crippen molar-refractivity contribution in [1.29, 1.82) is 0 Å². The Balaban J connectivity index is 1.73. The van der Waals surface area contributed by atoms with Gasteiger partial charge in [0.2, 0.25) is 5.91 Å². The van der Waals surface area contributed by atoms with E-state index >= 15 is 0 Å². The van der Waals surface area contributed by atoms with E-state index in [1.54, 1.807) is 24.3 Å². The lowest BCUT2D eigenvalue weighted by atomic mass is 10.1. The van der Waals surface area contributed by atoms with Crippen LogP contribution in [0.4, 0.5) is 10.5 Å². The van der Waals surface area contributed by atoms with Crippen LogP contribution in [-0.4, -0.2) is 34.6 Å². The molecule has 1 N–H and O–H groups in total. The van der Waals surface area contributed by atoms with Crippen molar-refractivity contribution in [2.45, 2.75) is 26.4 Å². The van der Waals surface area contributed by atoms with Gasteiger partial charge in [0.05, 0.1) is 16.7 Å². The summed E-state index contributed by atoms with van der Waals surface area (Å²) in [4.78, 5) is 38.7. The van der Waals surface area contributed by atoms with Crippen LogP contribution in [0.15, 0.2) is 57.9 Å². The average Bonchev–Trinajstić information content (AvgIpc) is 2.98. The highest BCUT2D eigenvalue weighted by molar-refractivity contribution is 9.10. The Bertz CT molecular complexity index is 1010. The Kier molecular flexibility index (Phi) is 7.33. The van der Waals surface area contributed by atoms with Gasteiger partial charge in [-0.25, -0.2) is 0 Å². The zero-order valence-electron chi connectivity index (χ0n) is 16.6. The first kappa shape index (κ1) is 22.1. The highest BCUT2D eigenvalue weighted by Gasteiger charge is 2.36. The second kappa shape index (κ2) is 9.95. The Morgan fingerprint density at radius 2 is 1.90 bits per heavy atom. The average molecular weight is 489 g/mol. The predicted molar refractivity (Wildman–Crippen MR) is 122 cm³/mol. The third kappa shape index (κ3) is 5.31. The fraction of sp³-hybridized carbons (Fsp3) is 0.227. The van der Waals surface area contributed by atoms with Crippen molar-refractivity contribution in [2.24, 2.45) is 0 Å². The van der Waals surface area contributed by atoms with Crippen LogP contribution in [0, 0.1) is 0 Å². The summed E-state index contributed by atoms with van der Waals surface area (Å²) in [5, 5.41) is 2.22. The normalized spacial score (nSPS) is 16.1. The lowest BCUT2D eigenvalue weighted by molar-refractivity contribution is -0.127. The topological polar surface area (TPSA) is 75.7 Å². The summed E-state index contributed by atoms with van der Waals surface area (Å²) in [7, 11) is 0. The maximum absolute atomic E-state index is 12.8. The molecule has 1 aliphatic rings. The van der Waals surface area contributed by atoms with Gasteiger partial charge < -0.3 is 10.1 Å². The van der Waals surface area contributed by atoms with Gasteiger partial charge in [0.25, 0.3) is 11.1 Å². The maximum atomic E-state index is 12.8. The Morgan fingerprint density at radius 1 is 1.20 bits per heavy atom. The van der Waals surface area contributed by atoms with Gasteiger partial charge in [-0.15, -0.1) is 0 Å². The number of thioether (sulfide) groups is 1. The van der Waals surface area contributed by atoms with Gasteiger partial charge in [0.1, 0.15) is 12.3 Å². The monoisotopic (exact) mass is 488 g/mol. The van der Waals surface area contributed by atoms with E-state index in [2.05, 4.69) is 21.2 Å². The molecule has 6 nitrogen and oxygen atoms in total. The molecule has 2 aromatic rings. The third-order valence-corrected chi connectivity index (χ3v) is 6.03. The molecular weight excluding hydrogens is 468 g/mol. The number of ether oxygens (including phenoxy) is 1. The fourth-order valence-corrected chi connectivity index (χ4v) is 3.89. The summed E-state index contributed by atoms with van der Waals surface area (Å²) in [5.41, 5.74) is 1.28. The van der Waals surface area contributed by atoms with Crippen LogP contribution < -0.4 is 10.1 Å². The molecule has 0 bridgehead atoms. The Hall–Kier alpha value is -2.58. The highest BCUT2D eigenvalue weighted by atomic mass is 79.9. The first-order valence-corrected chi connectivity index (χ1v) is 11.1. The summed E-state index contributed by atoms with van der Waals surface area (Å²) in [6.45, 7) is 3.64. The van der Waals surface area contributed by atoms with E-state index in [1.807, 2.05) is 44.2 Å². The summed E-state index contributed by atoms with van der Waals surface area (Å²) in [5.74, 6) is -0.304. The second-order valence-corrected chi connectivity index (χ2v) is 8.52. The molecule has 8 heteroatoms. The Morgan fingerprint density at radius 3 is 2.63 bits per heavy atom. The molecule has 0 saturated carbocycles. The molecule has 0 aliphatic carbocycles. The van der Waals surface area contributed by atoms with Crippen LogP contribution in [0.3, 0.4) is 0 Å². The molecule has 2 aromatic carbocycles. The molecule has 30 heavy (non-hydrogen) atoms. The van der Waals surface area contributed by atoms with Crippen molar-refractivity contribution in [2.75, 3.05) is 11.9 Å². The van der Waals surface area contributed by atoms with Crippen LogP contribution in [-0.2, 0) is 9.59 Å². The quantitative estimate of drug-likeness (QED) is 0.535. The number of carbonyl (C=O) groups is 3. The number of para-hydroxylation sites is 2. The summed E-state index contributed by atoms with van der Waals surface area (Å²) < 4.78 is 6.62. The number of amides is 3. The van der Waals surface area contributed by atoms with Gasteiger partial charge >= 0.3 is 0 Å². The van der Waals surface area contributed by atoms with Crippen molar-refractivity contribution < 1.29 is 19.1 Å². The predicted octanol–water partition coefficient (Wildman–Crippen LogP) is 5.30. The number of hydrogen-bond donors (Lipinski definition) is 1. The van der Waals surface area contributed by atoms with Gasteiger partial charge in [-0.2, -0.15) is 0 Å². The van der Waals surface area contributed by atoms with E-state index in [-0.39, 0.29) is 17.6 Å². The number of carbonyl (C=O) groups excluding carboxylic acids is 3. The zero-order chi connectivity index (χ0) is 21.7. The molecular formula is C22H21BrN2O4S. The minimum Gasteiger partial charge on any atom is -0.490 e. The minimum atomic E-state index is -0.495. The lowest BCUT2D eigenvalue weighted by Gasteiger charge is -2.15. The summed E-state index contributed by atoms with van der Waals surface area (Å²) in [6.07, 6.45) is 2.50.